The smallest absolute Gasteiger partial charge is 0.0456 e. The van der Waals surface area contributed by atoms with Crippen LogP contribution in [0.25, 0.3) is 21.8 Å². The summed E-state index contributed by atoms with van der Waals surface area (Å²) in [6.45, 7) is 2.23. The van der Waals surface area contributed by atoms with Gasteiger partial charge in [0, 0.05) is 28.3 Å². The van der Waals surface area contributed by atoms with Crippen LogP contribution in [0.15, 0.2) is 60.7 Å². The normalized spacial score (nSPS) is 11.7. The van der Waals surface area contributed by atoms with Gasteiger partial charge in [0.05, 0.1) is 0 Å². The van der Waals surface area contributed by atoms with E-state index in [1.807, 2.05) is 0 Å². The van der Waals surface area contributed by atoms with Crippen LogP contribution >= 0.6 is 0 Å². The van der Waals surface area contributed by atoms with Crippen molar-refractivity contribution < 1.29 is 0 Å². The zero-order chi connectivity index (χ0) is 13.5. The zero-order valence-corrected chi connectivity index (χ0v) is 11.4. The second-order valence-corrected chi connectivity index (χ2v) is 5.35. The van der Waals surface area contributed by atoms with Gasteiger partial charge in [-0.05, 0) is 35.0 Å². The van der Waals surface area contributed by atoms with Gasteiger partial charge in [0.25, 0.3) is 0 Å². The molecule has 2 aromatic heterocycles. The van der Waals surface area contributed by atoms with E-state index in [2.05, 4.69) is 77.6 Å². The molecule has 0 fully saturated rings. The van der Waals surface area contributed by atoms with Crippen molar-refractivity contribution in [2.45, 2.75) is 12.8 Å². The molecule has 20 heavy (non-hydrogen) atoms. The van der Waals surface area contributed by atoms with Crippen LogP contribution in [0.1, 0.15) is 24.2 Å². The molecular weight excluding hydrogens is 244 g/mol. The van der Waals surface area contributed by atoms with E-state index in [1.54, 1.807) is 0 Å². The number of rotatable bonds is 2. The molecule has 98 valence electrons. The van der Waals surface area contributed by atoms with Gasteiger partial charge in [-0.15, -0.1) is 0 Å². The van der Waals surface area contributed by atoms with Gasteiger partial charge in [0.1, 0.15) is 0 Å². The Morgan fingerprint density at radius 3 is 1.60 bits per heavy atom. The molecule has 0 aliphatic carbocycles. The first kappa shape index (κ1) is 11.4. The van der Waals surface area contributed by atoms with Gasteiger partial charge in [-0.2, -0.15) is 0 Å². The minimum atomic E-state index is 0.329. The molecule has 2 heterocycles. The van der Waals surface area contributed by atoms with Crippen molar-refractivity contribution >= 4 is 21.8 Å². The first-order valence-corrected chi connectivity index (χ1v) is 6.96. The van der Waals surface area contributed by atoms with Crippen LogP contribution in [0.4, 0.5) is 0 Å². The molecule has 2 heteroatoms. The molecule has 0 aliphatic rings. The summed E-state index contributed by atoms with van der Waals surface area (Å²) >= 11 is 0. The fourth-order valence-electron chi connectivity index (χ4n) is 2.83. The molecule has 0 amide bonds. The maximum atomic E-state index is 3.52. The fraction of sp³-hybridized carbons (Fsp3) is 0.111. The Hall–Kier alpha value is -2.48. The second kappa shape index (κ2) is 4.27. The summed E-state index contributed by atoms with van der Waals surface area (Å²) < 4.78 is 0. The Morgan fingerprint density at radius 1 is 0.700 bits per heavy atom. The molecule has 0 radical (unpaired) electrons. The number of para-hydroxylation sites is 2. The second-order valence-electron chi connectivity index (χ2n) is 5.35. The largest absolute Gasteiger partial charge is 0.358 e. The highest BCUT2D eigenvalue weighted by atomic mass is 14.8. The van der Waals surface area contributed by atoms with Crippen molar-refractivity contribution in [3.63, 3.8) is 0 Å². The number of fused-ring (bicyclic) bond motifs is 2. The van der Waals surface area contributed by atoms with Gasteiger partial charge >= 0.3 is 0 Å². The van der Waals surface area contributed by atoms with Crippen LogP contribution in [0.5, 0.6) is 0 Å². The molecule has 0 bridgehead atoms. The number of aromatic amines is 2. The van der Waals surface area contributed by atoms with Crippen LogP contribution in [0.3, 0.4) is 0 Å². The van der Waals surface area contributed by atoms with E-state index in [4.69, 9.17) is 0 Å². The van der Waals surface area contributed by atoms with Crippen LogP contribution in [-0.4, -0.2) is 9.97 Å². The lowest BCUT2D eigenvalue weighted by atomic mass is 10.0. The summed E-state index contributed by atoms with van der Waals surface area (Å²) in [7, 11) is 0. The molecule has 0 aliphatic heterocycles. The van der Waals surface area contributed by atoms with E-state index < -0.39 is 0 Å². The summed E-state index contributed by atoms with van der Waals surface area (Å²) in [5, 5.41) is 2.54. The van der Waals surface area contributed by atoms with Gasteiger partial charge < -0.3 is 9.97 Å². The number of nitrogens with one attached hydrogen (secondary N) is 2. The fourth-order valence-corrected chi connectivity index (χ4v) is 2.83. The van der Waals surface area contributed by atoms with Crippen molar-refractivity contribution in [1.29, 1.82) is 0 Å². The van der Waals surface area contributed by atoms with E-state index >= 15 is 0 Å². The summed E-state index contributed by atoms with van der Waals surface area (Å²) in [6, 6.07) is 21.3. The number of hydrogen-bond donors (Lipinski definition) is 2. The summed E-state index contributed by atoms with van der Waals surface area (Å²) in [5.74, 6) is 0.329. The van der Waals surface area contributed by atoms with Gasteiger partial charge in [0.15, 0.2) is 0 Å². The molecule has 2 aromatic carbocycles. The predicted octanol–water partition coefficient (Wildman–Crippen LogP) is 4.80. The lowest BCUT2D eigenvalue weighted by molar-refractivity contribution is 0.859. The molecule has 2 N–H and O–H groups in total. The van der Waals surface area contributed by atoms with Crippen LogP contribution in [-0.2, 0) is 0 Å². The molecule has 0 unspecified atom stereocenters. The quantitative estimate of drug-likeness (QED) is 0.519. The summed E-state index contributed by atoms with van der Waals surface area (Å²) in [4.78, 5) is 7.04. The molecule has 0 atom stereocenters. The Morgan fingerprint density at radius 2 is 1.15 bits per heavy atom. The van der Waals surface area contributed by atoms with Crippen molar-refractivity contribution in [2.75, 3.05) is 0 Å². The molecule has 0 spiro atoms. The highest BCUT2D eigenvalue weighted by molar-refractivity contribution is 5.82. The molecular formula is C18H16N2. The number of benzene rings is 2. The lowest BCUT2D eigenvalue weighted by Gasteiger charge is -2.06. The number of hydrogen-bond acceptors (Lipinski definition) is 0. The molecule has 4 aromatic rings. The standard InChI is InChI=1S/C18H16N2/c1-12(17-10-13-6-2-4-8-15(13)19-17)18-11-14-7-3-5-9-16(14)20-18/h2-12,19-20H,1H3. The van der Waals surface area contributed by atoms with Crippen molar-refractivity contribution in [1.82, 2.24) is 9.97 Å². The van der Waals surface area contributed by atoms with E-state index in [1.165, 1.54) is 33.2 Å². The number of aromatic nitrogens is 2. The third-order valence-electron chi connectivity index (χ3n) is 4.03. The highest BCUT2D eigenvalue weighted by Gasteiger charge is 2.13. The van der Waals surface area contributed by atoms with Crippen LogP contribution in [0.2, 0.25) is 0 Å². The highest BCUT2D eigenvalue weighted by Crippen LogP contribution is 2.28. The molecule has 0 saturated carbocycles. The summed E-state index contributed by atoms with van der Waals surface area (Å²) in [6.07, 6.45) is 0. The van der Waals surface area contributed by atoms with Crippen molar-refractivity contribution in [2.24, 2.45) is 0 Å². The topological polar surface area (TPSA) is 31.6 Å². The van der Waals surface area contributed by atoms with E-state index in [0.717, 1.165) is 0 Å². The van der Waals surface area contributed by atoms with Gasteiger partial charge in [-0.25, -0.2) is 0 Å². The third kappa shape index (κ3) is 1.73. The Labute approximate surface area is 117 Å². The maximum Gasteiger partial charge on any atom is 0.0456 e. The summed E-state index contributed by atoms with van der Waals surface area (Å²) in [5.41, 5.74) is 4.89. The Kier molecular flexibility index (Phi) is 2.43. The maximum absolute atomic E-state index is 3.52. The van der Waals surface area contributed by atoms with Crippen molar-refractivity contribution in [3.8, 4) is 0 Å². The molecule has 0 saturated heterocycles. The predicted molar refractivity (Wildman–Crippen MR) is 84.1 cm³/mol. The minimum absolute atomic E-state index is 0.329. The van der Waals surface area contributed by atoms with Crippen molar-refractivity contribution in [3.05, 3.63) is 72.1 Å². The van der Waals surface area contributed by atoms with Gasteiger partial charge in [0.2, 0.25) is 0 Å². The van der Waals surface area contributed by atoms with E-state index in [0.29, 0.717) is 5.92 Å². The van der Waals surface area contributed by atoms with Crippen LogP contribution in [0, 0.1) is 0 Å². The monoisotopic (exact) mass is 260 g/mol. The average Bonchev–Trinajstić information content (AvgIpc) is 3.10. The zero-order valence-electron chi connectivity index (χ0n) is 11.4. The minimum Gasteiger partial charge on any atom is -0.358 e. The van der Waals surface area contributed by atoms with Gasteiger partial charge in [-0.1, -0.05) is 43.3 Å². The first-order valence-electron chi connectivity index (χ1n) is 6.96. The van der Waals surface area contributed by atoms with Gasteiger partial charge in [-0.3, -0.25) is 0 Å². The molecule has 2 nitrogen and oxygen atoms in total. The lowest BCUT2D eigenvalue weighted by Crippen LogP contribution is -1.96. The average molecular weight is 260 g/mol. The SMILES string of the molecule is CC(c1cc2ccccc2[nH]1)c1cc2ccccc2[nH]1. The van der Waals surface area contributed by atoms with E-state index in [9.17, 15) is 0 Å². The first-order chi connectivity index (χ1) is 9.81. The number of H-pyrrole nitrogens is 2. The Bertz CT molecular complexity index is 742. The van der Waals surface area contributed by atoms with Crippen LogP contribution < -0.4 is 0 Å². The third-order valence-corrected chi connectivity index (χ3v) is 4.03. The molecule has 4 rings (SSSR count). The Balaban J connectivity index is 1.80. The van der Waals surface area contributed by atoms with E-state index in [-0.39, 0.29) is 0 Å².